The Morgan fingerprint density at radius 2 is 1.53 bits per heavy atom. The lowest BCUT2D eigenvalue weighted by atomic mass is 10.0. The molecule has 1 saturated heterocycles. The molecule has 0 spiro atoms. The Labute approximate surface area is 210 Å². The molecule has 0 saturated carbocycles. The number of rotatable bonds is 4. The van der Waals surface area contributed by atoms with E-state index in [9.17, 15) is 4.79 Å². The monoisotopic (exact) mass is 514 g/mol. The van der Waals surface area contributed by atoms with Crippen molar-refractivity contribution in [3.63, 3.8) is 0 Å². The highest BCUT2D eigenvalue weighted by Crippen LogP contribution is 2.39. The summed E-state index contributed by atoms with van der Waals surface area (Å²) in [7, 11) is 0. The van der Waals surface area contributed by atoms with E-state index in [1.807, 2.05) is 40.3 Å². The van der Waals surface area contributed by atoms with E-state index in [1.54, 1.807) is 12.1 Å². The van der Waals surface area contributed by atoms with Gasteiger partial charge in [0.25, 0.3) is 5.91 Å². The molecule has 5 nitrogen and oxygen atoms in total. The van der Waals surface area contributed by atoms with Crippen LogP contribution in [0.25, 0.3) is 0 Å². The number of hydrazine groups is 1. The predicted molar refractivity (Wildman–Crippen MR) is 135 cm³/mol. The second-order valence-electron chi connectivity index (χ2n) is 7.95. The quantitative estimate of drug-likeness (QED) is 0.494. The Morgan fingerprint density at radius 3 is 2.19 bits per heavy atom. The van der Waals surface area contributed by atoms with E-state index >= 15 is 0 Å². The van der Waals surface area contributed by atoms with Crippen molar-refractivity contribution in [1.29, 1.82) is 0 Å². The Kier molecular flexibility index (Phi) is 9.09. The number of carbonyl (C=O) groups is 1. The molecule has 172 valence electrons. The number of hydrogen-bond donors (Lipinski definition) is 1. The van der Waals surface area contributed by atoms with Gasteiger partial charge in [0.2, 0.25) is 0 Å². The molecule has 1 N–H and O–H groups in total. The zero-order valence-electron chi connectivity index (χ0n) is 17.6. The van der Waals surface area contributed by atoms with Gasteiger partial charge in [0, 0.05) is 29.6 Å². The van der Waals surface area contributed by atoms with Gasteiger partial charge in [-0.05, 0) is 48.7 Å². The molecule has 2 aliphatic heterocycles. The van der Waals surface area contributed by atoms with Crippen LogP contribution in [-0.2, 0) is 4.79 Å². The number of hydrogen-bond acceptors (Lipinski definition) is 4. The average molecular weight is 516 g/mol. The molecule has 1 fully saturated rings. The van der Waals surface area contributed by atoms with E-state index in [-0.39, 0.29) is 24.4 Å². The van der Waals surface area contributed by atoms with E-state index in [1.165, 1.54) is 19.3 Å². The maximum atomic E-state index is 13.1. The maximum absolute atomic E-state index is 13.1. The first-order valence-corrected chi connectivity index (χ1v) is 11.8. The highest BCUT2D eigenvalue weighted by atomic mass is 35.5. The van der Waals surface area contributed by atoms with Gasteiger partial charge >= 0.3 is 0 Å². The smallest absolute Gasteiger partial charge is 0.281 e. The summed E-state index contributed by atoms with van der Waals surface area (Å²) in [5, 5.41) is 10.2. The maximum Gasteiger partial charge on any atom is 0.281 e. The van der Waals surface area contributed by atoms with E-state index in [2.05, 4.69) is 10.5 Å². The van der Waals surface area contributed by atoms with Crippen LogP contribution in [0, 0.1) is 0 Å². The summed E-state index contributed by atoms with van der Waals surface area (Å²) in [6.07, 6.45) is 6.33. The average Bonchev–Trinajstić information content (AvgIpc) is 3.15. The topological polar surface area (TPSA) is 47.9 Å². The van der Waals surface area contributed by atoms with Crippen molar-refractivity contribution in [3.05, 3.63) is 63.1 Å². The summed E-state index contributed by atoms with van der Waals surface area (Å²) < 4.78 is 0. The largest absolute Gasteiger partial charge is 0.284 e. The number of nitrogens with one attached hydrogen (secondary N) is 1. The molecule has 0 unspecified atom stereocenters. The van der Waals surface area contributed by atoms with Crippen molar-refractivity contribution in [2.24, 2.45) is 5.10 Å². The zero-order chi connectivity index (χ0) is 21.8. The van der Waals surface area contributed by atoms with Gasteiger partial charge in [-0.25, -0.2) is 5.01 Å². The third kappa shape index (κ3) is 6.09. The van der Waals surface area contributed by atoms with Gasteiger partial charge in [-0.15, -0.1) is 12.4 Å². The van der Waals surface area contributed by atoms with Crippen LogP contribution in [0.5, 0.6) is 0 Å². The van der Waals surface area contributed by atoms with Gasteiger partial charge < -0.3 is 0 Å². The highest BCUT2D eigenvalue weighted by Gasteiger charge is 2.34. The normalized spacial score (nSPS) is 19.5. The Balaban J connectivity index is 0.00000289. The Hall–Kier alpha value is -1.50. The van der Waals surface area contributed by atoms with Crippen LogP contribution < -0.4 is 10.4 Å². The number of halogens is 4. The molecule has 32 heavy (non-hydrogen) atoms. The number of nitrogens with zero attached hydrogens (tertiary/aromatic N) is 3. The van der Waals surface area contributed by atoms with Crippen molar-refractivity contribution < 1.29 is 4.79 Å². The van der Waals surface area contributed by atoms with Crippen molar-refractivity contribution >= 4 is 64.5 Å². The molecular weight excluding hydrogens is 490 g/mol. The lowest BCUT2D eigenvalue weighted by Crippen LogP contribution is -2.46. The lowest BCUT2D eigenvalue weighted by molar-refractivity contribution is -0.119. The summed E-state index contributed by atoms with van der Waals surface area (Å²) in [4.78, 5) is 13.1. The van der Waals surface area contributed by atoms with Crippen LogP contribution in [0.1, 0.15) is 50.1 Å². The van der Waals surface area contributed by atoms with Crippen molar-refractivity contribution in [3.8, 4) is 0 Å². The molecule has 0 bridgehead atoms. The number of hydrazone groups is 1. The molecule has 2 aromatic carbocycles. The van der Waals surface area contributed by atoms with Crippen LogP contribution in [0.4, 0.5) is 5.69 Å². The molecule has 4 rings (SSSR count). The summed E-state index contributed by atoms with van der Waals surface area (Å²) in [5.74, 6) is -0.160. The molecule has 9 heteroatoms. The third-order valence-electron chi connectivity index (χ3n) is 5.70. The summed E-state index contributed by atoms with van der Waals surface area (Å²) in [6, 6.07) is 12.7. The Morgan fingerprint density at radius 1 is 0.906 bits per heavy atom. The molecule has 2 heterocycles. The van der Waals surface area contributed by atoms with E-state index < -0.39 is 0 Å². The molecule has 2 aromatic rings. The predicted octanol–water partition coefficient (Wildman–Crippen LogP) is 6.67. The lowest BCUT2D eigenvalue weighted by Gasteiger charge is -2.25. The van der Waals surface area contributed by atoms with Crippen LogP contribution in [-0.4, -0.2) is 29.7 Å². The number of anilines is 1. The first kappa shape index (κ1) is 25.1. The van der Waals surface area contributed by atoms with E-state index in [0.717, 1.165) is 31.5 Å². The van der Waals surface area contributed by atoms with Crippen LogP contribution >= 0.6 is 47.2 Å². The first-order valence-electron chi connectivity index (χ1n) is 10.6. The first-order chi connectivity index (χ1) is 15.0. The fraction of sp³-hybridized carbons (Fsp3) is 0.391. The van der Waals surface area contributed by atoms with Gasteiger partial charge in [-0.3, -0.25) is 15.2 Å². The standard InChI is InChI=1S/C23H25Cl3N4O.ClH/c24-17-8-6-16(7-9-17)22-15-20(23(31)28-29-12-4-2-1-3-5-13-29)27-30(22)21-11-10-18(25)14-19(21)26;/h6-11,14,22H,1-5,12-13,15H2,(H,28,31);1H/t22-;/m1./s1. The van der Waals surface area contributed by atoms with E-state index in [4.69, 9.17) is 34.8 Å². The molecule has 1 atom stereocenters. The summed E-state index contributed by atoms with van der Waals surface area (Å²) >= 11 is 18.6. The minimum Gasteiger partial charge on any atom is -0.284 e. The van der Waals surface area contributed by atoms with Gasteiger partial charge in [-0.1, -0.05) is 66.2 Å². The van der Waals surface area contributed by atoms with Crippen LogP contribution in [0.3, 0.4) is 0 Å². The molecule has 0 aromatic heterocycles. The van der Waals surface area contributed by atoms with Crippen LogP contribution in [0.15, 0.2) is 47.6 Å². The molecule has 1 amide bonds. The van der Waals surface area contributed by atoms with Crippen LogP contribution in [0.2, 0.25) is 15.1 Å². The summed E-state index contributed by atoms with van der Waals surface area (Å²) in [5.41, 5.74) is 5.26. The summed E-state index contributed by atoms with van der Waals surface area (Å²) in [6.45, 7) is 1.73. The fourth-order valence-electron chi connectivity index (χ4n) is 4.05. The molecule has 2 aliphatic rings. The van der Waals surface area contributed by atoms with E-state index in [0.29, 0.717) is 32.9 Å². The molecule has 0 aliphatic carbocycles. The minimum absolute atomic E-state index is 0. The van der Waals surface area contributed by atoms with Crippen molar-refractivity contribution in [2.45, 2.75) is 44.6 Å². The number of carbonyl (C=O) groups excluding carboxylic acids is 1. The molecular formula is C23H26Cl4N4O. The van der Waals surface area contributed by atoms with Crippen molar-refractivity contribution in [1.82, 2.24) is 10.4 Å². The number of amides is 1. The van der Waals surface area contributed by atoms with Gasteiger partial charge in [0.15, 0.2) is 0 Å². The fourth-order valence-corrected chi connectivity index (χ4v) is 4.67. The number of benzene rings is 2. The van der Waals surface area contributed by atoms with Gasteiger partial charge in [-0.2, -0.15) is 5.10 Å². The SMILES string of the molecule is Cl.O=C(NN1CCCCCCC1)C1=NN(c2ccc(Cl)cc2Cl)[C@@H](c2ccc(Cl)cc2)C1. The third-order valence-corrected chi connectivity index (χ3v) is 6.49. The molecule has 0 radical (unpaired) electrons. The second-order valence-corrected chi connectivity index (χ2v) is 9.23. The van der Waals surface area contributed by atoms with Gasteiger partial charge in [0.05, 0.1) is 16.8 Å². The van der Waals surface area contributed by atoms with Crippen molar-refractivity contribution in [2.75, 3.05) is 18.1 Å². The highest BCUT2D eigenvalue weighted by molar-refractivity contribution is 6.40. The Bertz CT molecular complexity index is 959. The zero-order valence-corrected chi connectivity index (χ0v) is 20.7. The van der Waals surface area contributed by atoms with Gasteiger partial charge in [0.1, 0.15) is 5.71 Å². The minimum atomic E-state index is -0.163. The second kappa shape index (κ2) is 11.6.